The smallest absolute Gasteiger partial charge is 0.335 e. The fourth-order valence-electron chi connectivity index (χ4n) is 2.43. The molecule has 1 aliphatic carbocycles. The number of ether oxygens (including phenoxy) is 1. The van der Waals surface area contributed by atoms with Crippen LogP contribution in [0.3, 0.4) is 0 Å². The van der Waals surface area contributed by atoms with Crippen molar-refractivity contribution in [3.8, 4) is 0 Å². The lowest BCUT2D eigenvalue weighted by Crippen LogP contribution is -2.30. The average molecular weight is 249 g/mol. The zero-order valence-electron chi connectivity index (χ0n) is 10.6. The van der Waals surface area contributed by atoms with Crippen molar-refractivity contribution < 1.29 is 14.6 Å². The molecule has 4 nitrogen and oxygen atoms in total. The molecule has 0 bridgehead atoms. The summed E-state index contributed by atoms with van der Waals surface area (Å²) in [6.45, 7) is 0. The van der Waals surface area contributed by atoms with Crippen LogP contribution in [0.25, 0.3) is 0 Å². The number of benzene rings is 1. The van der Waals surface area contributed by atoms with Crippen LogP contribution in [0.4, 0.5) is 5.69 Å². The van der Waals surface area contributed by atoms with Crippen molar-refractivity contribution in [2.45, 2.75) is 37.8 Å². The zero-order chi connectivity index (χ0) is 13.0. The molecule has 0 spiro atoms. The maximum atomic E-state index is 10.7. The van der Waals surface area contributed by atoms with Crippen molar-refractivity contribution in [1.82, 2.24) is 0 Å². The molecule has 2 rings (SSSR count). The molecule has 0 heterocycles. The first kappa shape index (κ1) is 12.9. The molecule has 2 N–H and O–H groups in total. The van der Waals surface area contributed by atoms with Crippen molar-refractivity contribution in [2.75, 3.05) is 12.4 Å². The van der Waals surface area contributed by atoms with Crippen LogP contribution in [0.1, 0.15) is 36.0 Å². The van der Waals surface area contributed by atoms with E-state index in [9.17, 15) is 4.79 Å². The third kappa shape index (κ3) is 3.23. The van der Waals surface area contributed by atoms with E-state index < -0.39 is 5.97 Å². The Morgan fingerprint density at radius 3 is 2.67 bits per heavy atom. The van der Waals surface area contributed by atoms with E-state index in [2.05, 4.69) is 5.32 Å². The van der Waals surface area contributed by atoms with Gasteiger partial charge in [-0.2, -0.15) is 0 Å². The Kier molecular flexibility index (Phi) is 4.20. The summed E-state index contributed by atoms with van der Waals surface area (Å²) < 4.78 is 5.39. The summed E-state index contributed by atoms with van der Waals surface area (Å²) in [6, 6.07) is 7.31. The standard InChI is InChI=1S/C14H19NO3/c1-18-13-4-2-3-12(9-13)15-11-7-5-10(6-8-11)14(16)17/h5-8,12-13,15H,2-4,9H2,1H3,(H,16,17). The van der Waals surface area contributed by atoms with Gasteiger partial charge in [-0.1, -0.05) is 0 Å². The summed E-state index contributed by atoms with van der Waals surface area (Å²) in [4.78, 5) is 10.7. The first-order valence-corrected chi connectivity index (χ1v) is 6.31. The molecule has 1 fully saturated rings. The molecule has 98 valence electrons. The van der Waals surface area contributed by atoms with Crippen LogP contribution in [-0.4, -0.2) is 30.3 Å². The minimum absolute atomic E-state index is 0.318. The number of rotatable bonds is 4. The van der Waals surface area contributed by atoms with Gasteiger partial charge in [0.2, 0.25) is 0 Å². The van der Waals surface area contributed by atoms with E-state index in [1.807, 2.05) is 12.1 Å². The van der Waals surface area contributed by atoms with Crippen LogP contribution in [0.2, 0.25) is 0 Å². The van der Waals surface area contributed by atoms with Crippen LogP contribution in [-0.2, 0) is 4.74 Å². The summed E-state index contributed by atoms with van der Waals surface area (Å²) in [5.41, 5.74) is 1.29. The molecular weight excluding hydrogens is 230 g/mol. The second kappa shape index (κ2) is 5.87. The lowest BCUT2D eigenvalue weighted by atomic mass is 9.92. The van der Waals surface area contributed by atoms with Crippen LogP contribution in [0, 0.1) is 0 Å². The fraction of sp³-hybridized carbons (Fsp3) is 0.500. The highest BCUT2D eigenvalue weighted by molar-refractivity contribution is 5.87. The summed E-state index contributed by atoms with van der Waals surface area (Å²) in [5.74, 6) is -0.890. The second-order valence-electron chi connectivity index (χ2n) is 4.75. The lowest BCUT2D eigenvalue weighted by molar-refractivity contribution is 0.0669. The lowest BCUT2D eigenvalue weighted by Gasteiger charge is -2.29. The van der Waals surface area contributed by atoms with Crippen molar-refractivity contribution in [2.24, 2.45) is 0 Å². The molecule has 1 aromatic carbocycles. The predicted molar refractivity (Wildman–Crippen MR) is 70.1 cm³/mol. The van der Waals surface area contributed by atoms with E-state index in [-0.39, 0.29) is 0 Å². The Hall–Kier alpha value is -1.55. The molecule has 0 saturated heterocycles. The minimum atomic E-state index is -0.890. The van der Waals surface area contributed by atoms with Crippen LogP contribution in [0.15, 0.2) is 24.3 Å². The topological polar surface area (TPSA) is 58.6 Å². The van der Waals surface area contributed by atoms with Crippen molar-refractivity contribution in [3.63, 3.8) is 0 Å². The molecule has 0 aromatic heterocycles. The number of hydrogen-bond donors (Lipinski definition) is 2. The van der Waals surface area contributed by atoms with Gasteiger partial charge in [0.15, 0.2) is 0 Å². The first-order valence-electron chi connectivity index (χ1n) is 6.31. The van der Waals surface area contributed by atoms with Gasteiger partial charge in [-0.15, -0.1) is 0 Å². The van der Waals surface area contributed by atoms with Crippen molar-refractivity contribution >= 4 is 11.7 Å². The van der Waals surface area contributed by atoms with Gasteiger partial charge < -0.3 is 15.2 Å². The maximum Gasteiger partial charge on any atom is 0.335 e. The predicted octanol–water partition coefficient (Wildman–Crippen LogP) is 2.75. The van der Waals surface area contributed by atoms with Crippen LogP contribution >= 0.6 is 0 Å². The minimum Gasteiger partial charge on any atom is -0.478 e. The van der Waals surface area contributed by atoms with Gasteiger partial charge in [0.1, 0.15) is 0 Å². The molecule has 18 heavy (non-hydrogen) atoms. The molecule has 1 aromatic rings. The number of anilines is 1. The maximum absolute atomic E-state index is 10.7. The quantitative estimate of drug-likeness (QED) is 0.861. The molecule has 0 amide bonds. The van der Waals surface area contributed by atoms with E-state index in [1.165, 1.54) is 6.42 Å². The van der Waals surface area contributed by atoms with E-state index in [0.29, 0.717) is 17.7 Å². The molecule has 1 aliphatic rings. The summed E-state index contributed by atoms with van der Waals surface area (Å²) >= 11 is 0. The Morgan fingerprint density at radius 2 is 2.06 bits per heavy atom. The number of nitrogens with one attached hydrogen (secondary N) is 1. The highest BCUT2D eigenvalue weighted by atomic mass is 16.5. The number of carboxylic acids is 1. The first-order chi connectivity index (χ1) is 8.69. The molecule has 0 aliphatic heterocycles. The van der Waals surface area contributed by atoms with Crippen molar-refractivity contribution in [3.05, 3.63) is 29.8 Å². The Labute approximate surface area is 107 Å². The summed E-state index contributed by atoms with van der Waals surface area (Å²) in [6.07, 6.45) is 4.79. The van der Waals surface area contributed by atoms with Gasteiger partial charge in [0.25, 0.3) is 0 Å². The Bertz CT molecular complexity index is 402. The molecule has 0 radical (unpaired) electrons. The summed E-state index contributed by atoms with van der Waals surface area (Å²) in [5, 5.41) is 12.3. The van der Waals surface area contributed by atoms with E-state index in [1.54, 1.807) is 19.2 Å². The Balaban J connectivity index is 1.94. The van der Waals surface area contributed by atoms with Gasteiger partial charge in [0.05, 0.1) is 11.7 Å². The SMILES string of the molecule is COC1CCCC(Nc2ccc(C(=O)O)cc2)C1. The molecule has 4 heteroatoms. The largest absolute Gasteiger partial charge is 0.478 e. The fourth-order valence-corrected chi connectivity index (χ4v) is 2.43. The normalized spacial score (nSPS) is 23.6. The number of hydrogen-bond acceptors (Lipinski definition) is 3. The highest BCUT2D eigenvalue weighted by Crippen LogP contribution is 2.24. The number of aromatic carboxylic acids is 1. The van der Waals surface area contributed by atoms with Gasteiger partial charge in [-0.05, 0) is 49.9 Å². The van der Waals surface area contributed by atoms with Crippen molar-refractivity contribution in [1.29, 1.82) is 0 Å². The number of carboxylic acid groups (broad SMARTS) is 1. The van der Waals surface area contributed by atoms with Crippen LogP contribution in [0.5, 0.6) is 0 Å². The summed E-state index contributed by atoms with van der Waals surface area (Å²) in [7, 11) is 1.76. The third-order valence-corrected chi connectivity index (χ3v) is 3.46. The van der Waals surface area contributed by atoms with E-state index in [4.69, 9.17) is 9.84 Å². The molecule has 1 saturated carbocycles. The van der Waals surface area contributed by atoms with E-state index in [0.717, 1.165) is 24.9 Å². The van der Waals surface area contributed by atoms with Gasteiger partial charge in [-0.3, -0.25) is 0 Å². The molecular formula is C14H19NO3. The zero-order valence-corrected chi connectivity index (χ0v) is 10.6. The Morgan fingerprint density at radius 1 is 1.33 bits per heavy atom. The molecule has 2 unspecified atom stereocenters. The van der Waals surface area contributed by atoms with E-state index >= 15 is 0 Å². The average Bonchev–Trinajstić information content (AvgIpc) is 2.39. The molecule has 2 atom stereocenters. The van der Waals surface area contributed by atoms with Gasteiger partial charge in [-0.25, -0.2) is 4.79 Å². The van der Waals surface area contributed by atoms with Gasteiger partial charge >= 0.3 is 5.97 Å². The monoisotopic (exact) mass is 249 g/mol. The highest BCUT2D eigenvalue weighted by Gasteiger charge is 2.21. The van der Waals surface area contributed by atoms with Gasteiger partial charge in [0, 0.05) is 18.8 Å². The number of carbonyl (C=O) groups is 1. The second-order valence-corrected chi connectivity index (χ2v) is 4.75. The number of methoxy groups -OCH3 is 1. The third-order valence-electron chi connectivity index (χ3n) is 3.46. The van der Waals surface area contributed by atoms with Crippen LogP contribution < -0.4 is 5.32 Å².